The van der Waals surface area contributed by atoms with E-state index in [9.17, 15) is 0 Å². The first kappa shape index (κ1) is 12.2. The van der Waals surface area contributed by atoms with Crippen molar-refractivity contribution in [1.82, 2.24) is 20.3 Å². The van der Waals surface area contributed by atoms with Crippen molar-refractivity contribution < 1.29 is 0 Å². The third-order valence-corrected chi connectivity index (χ3v) is 3.66. The molecule has 0 saturated heterocycles. The van der Waals surface area contributed by atoms with Gasteiger partial charge in [-0.05, 0) is 56.5 Å². The lowest BCUT2D eigenvalue weighted by Crippen LogP contribution is -2.25. The van der Waals surface area contributed by atoms with Crippen molar-refractivity contribution >= 4 is 0 Å². The molecule has 3 rings (SSSR count). The van der Waals surface area contributed by atoms with Crippen molar-refractivity contribution in [3.05, 3.63) is 42.0 Å². The third kappa shape index (κ3) is 2.63. The maximum absolute atomic E-state index is 4.71. The molecule has 0 aliphatic heterocycles. The van der Waals surface area contributed by atoms with E-state index in [1.54, 1.807) is 6.20 Å². The molecule has 4 nitrogen and oxygen atoms in total. The van der Waals surface area contributed by atoms with Crippen LogP contribution in [0.1, 0.15) is 17.7 Å². The van der Waals surface area contributed by atoms with Gasteiger partial charge in [0.1, 0.15) is 0 Å². The Labute approximate surface area is 113 Å². The molecule has 1 aliphatic carbocycles. The van der Waals surface area contributed by atoms with Crippen molar-refractivity contribution in [2.45, 2.75) is 19.3 Å². The maximum atomic E-state index is 4.71. The van der Waals surface area contributed by atoms with E-state index in [1.807, 2.05) is 31.6 Å². The highest BCUT2D eigenvalue weighted by Gasteiger charge is 2.20. The van der Waals surface area contributed by atoms with Gasteiger partial charge in [-0.25, -0.2) is 9.97 Å². The summed E-state index contributed by atoms with van der Waals surface area (Å²) in [6.07, 6.45) is 8.92. The molecule has 2 aromatic heterocycles. The first-order valence-electron chi connectivity index (χ1n) is 6.76. The highest BCUT2D eigenvalue weighted by atomic mass is 14.9. The van der Waals surface area contributed by atoms with Gasteiger partial charge in [0.25, 0.3) is 0 Å². The van der Waals surface area contributed by atoms with Crippen molar-refractivity contribution in [3.8, 4) is 11.4 Å². The normalized spacial score (nSPS) is 18.1. The Balaban J connectivity index is 1.86. The minimum Gasteiger partial charge on any atom is -0.319 e. The lowest BCUT2D eigenvalue weighted by molar-refractivity contribution is 0.434. The number of rotatable bonds is 3. The smallest absolute Gasteiger partial charge is 0.160 e. The molecule has 0 saturated carbocycles. The van der Waals surface area contributed by atoms with E-state index in [-0.39, 0.29) is 0 Å². The fourth-order valence-corrected chi connectivity index (χ4v) is 2.68. The fourth-order valence-electron chi connectivity index (χ4n) is 2.68. The number of hydrogen-bond donors (Lipinski definition) is 1. The van der Waals surface area contributed by atoms with Gasteiger partial charge in [-0.1, -0.05) is 0 Å². The molecule has 0 fully saturated rings. The standard InChI is InChI=1S/C15H18N4/c1-16-8-11-4-5-14-13(7-11)10-18-15(19-14)12-3-2-6-17-9-12/h2-3,6,9-11,16H,4-5,7-8H2,1H3. The fraction of sp³-hybridized carbons (Fsp3) is 0.400. The minimum atomic E-state index is 0.713. The summed E-state index contributed by atoms with van der Waals surface area (Å²) in [5.74, 6) is 1.50. The van der Waals surface area contributed by atoms with Gasteiger partial charge in [-0.2, -0.15) is 0 Å². The number of pyridine rings is 1. The average Bonchev–Trinajstić information content (AvgIpc) is 2.48. The lowest BCUT2D eigenvalue weighted by atomic mass is 9.87. The molecule has 1 atom stereocenters. The predicted octanol–water partition coefficient (Wildman–Crippen LogP) is 1.86. The predicted molar refractivity (Wildman–Crippen MR) is 74.7 cm³/mol. The van der Waals surface area contributed by atoms with E-state index in [2.05, 4.69) is 15.3 Å². The van der Waals surface area contributed by atoms with Crippen LogP contribution >= 0.6 is 0 Å². The Morgan fingerprint density at radius 2 is 2.32 bits per heavy atom. The number of aryl methyl sites for hydroxylation is 1. The molecule has 0 spiro atoms. The Morgan fingerprint density at radius 3 is 3.11 bits per heavy atom. The van der Waals surface area contributed by atoms with Crippen LogP contribution < -0.4 is 5.32 Å². The minimum absolute atomic E-state index is 0.713. The summed E-state index contributed by atoms with van der Waals surface area (Å²) in [5, 5.41) is 3.26. The molecule has 1 aliphatic rings. The monoisotopic (exact) mass is 254 g/mol. The zero-order chi connectivity index (χ0) is 13.1. The Bertz CT molecular complexity index is 553. The Hall–Kier alpha value is -1.81. The van der Waals surface area contributed by atoms with Gasteiger partial charge in [0, 0.05) is 29.8 Å². The van der Waals surface area contributed by atoms with Crippen LogP contribution in [0.3, 0.4) is 0 Å². The molecule has 2 aromatic rings. The second-order valence-corrected chi connectivity index (χ2v) is 5.07. The van der Waals surface area contributed by atoms with E-state index < -0.39 is 0 Å². The van der Waals surface area contributed by atoms with E-state index in [0.717, 1.165) is 30.8 Å². The van der Waals surface area contributed by atoms with Crippen molar-refractivity contribution in [1.29, 1.82) is 0 Å². The van der Waals surface area contributed by atoms with Gasteiger partial charge >= 0.3 is 0 Å². The highest BCUT2D eigenvalue weighted by Crippen LogP contribution is 2.25. The molecule has 2 heterocycles. The van der Waals surface area contributed by atoms with Crippen LogP contribution in [-0.2, 0) is 12.8 Å². The molecular weight excluding hydrogens is 236 g/mol. The number of hydrogen-bond acceptors (Lipinski definition) is 4. The van der Waals surface area contributed by atoms with Crippen LogP contribution in [0.15, 0.2) is 30.7 Å². The van der Waals surface area contributed by atoms with E-state index >= 15 is 0 Å². The zero-order valence-corrected chi connectivity index (χ0v) is 11.1. The van der Waals surface area contributed by atoms with E-state index in [0.29, 0.717) is 5.92 Å². The van der Waals surface area contributed by atoms with Gasteiger partial charge in [0.15, 0.2) is 5.82 Å². The van der Waals surface area contributed by atoms with Crippen LogP contribution in [0.5, 0.6) is 0 Å². The van der Waals surface area contributed by atoms with Crippen molar-refractivity contribution in [3.63, 3.8) is 0 Å². The van der Waals surface area contributed by atoms with E-state index in [1.165, 1.54) is 17.7 Å². The van der Waals surface area contributed by atoms with Crippen molar-refractivity contribution in [2.24, 2.45) is 5.92 Å². The number of nitrogens with zero attached hydrogens (tertiary/aromatic N) is 3. The number of nitrogens with one attached hydrogen (secondary N) is 1. The lowest BCUT2D eigenvalue weighted by Gasteiger charge is -2.23. The van der Waals surface area contributed by atoms with Gasteiger partial charge < -0.3 is 5.32 Å². The zero-order valence-electron chi connectivity index (χ0n) is 11.1. The summed E-state index contributed by atoms with van der Waals surface area (Å²) in [6.45, 7) is 1.07. The topological polar surface area (TPSA) is 50.7 Å². The SMILES string of the molecule is CNCC1CCc2nc(-c3cccnc3)ncc2C1. The van der Waals surface area contributed by atoms with Crippen LogP contribution in [0.2, 0.25) is 0 Å². The highest BCUT2D eigenvalue weighted by molar-refractivity contribution is 5.53. The third-order valence-electron chi connectivity index (χ3n) is 3.66. The average molecular weight is 254 g/mol. The molecule has 0 bridgehead atoms. The van der Waals surface area contributed by atoms with Crippen LogP contribution in [0.4, 0.5) is 0 Å². The summed E-state index contributed by atoms with van der Waals surface area (Å²) < 4.78 is 0. The van der Waals surface area contributed by atoms with Crippen LogP contribution in [0, 0.1) is 5.92 Å². The summed E-state index contributed by atoms with van der Waals surface area (Å²) in [6, 6.07) is 3.92. The van der Waals surface area contributed by atoms with Gasteiger partial charge in [0.05, 0.1) is 0 Å². The largest absolute Gasteiger partial charge is 0.319 e. The first-order chi connectivity index (χ1) is 9.36. The summed E-state index contributed by atoms with van der Waals surface area (Å²) in [4.78, 5) is 13.3. The molecule has 1 unspecified atom stereocenters. The molecule has 0 aromatic carbocycles. The Morgan fingerprint density at radius 1 is 1.37 bits per heavy atom. The summed E-state index contributed by atoms with van der Waals surface area (Å²) in [5.41, 5.74) is 3.50. The first-order valence-corrected chi connectivity index (χ1v) is 6.76. The van der Waals surface area contributed by atoms with Gasteiger partial charge in [0.2, 0.25) is 0 Å². The summed E-state index contributed by atoms with van der Waals surface area (Å²) >= 11 is 0. The Kier molecular flexibility index (Phi) is 3.51. The molecule has 1 N–H and O–H groups in total. The molecule has 98 valence electrons. The van der Waals surface area contributed by atoms with E-state index in [4.69, 9.17) is 4.98 Å². The molecular formula is C15H18N4. The number of fused-ring (bicyclic) bond motifs is 1. The van der Waals surface area contributed by atoms with Crippen LogP contribution in [0.25, 0.3) is 11.4 Å². The second kappa shape index (κ2) is 5.45. The molecule has 0 radical (unpaired) electrons. The molecule has 4 heteroatoms. The van der Waals surface area contributed by atoms with Gasteiger partial charge in [-0.3, -0.25) is 4.98 Å². The van der Waals surface area contributed by atoms with Crippen LogP contribution in [-0.4, -0.2) is 28.5 Å². The van der Waals surface area contributed by atoms with Gasteiger partial charge in [-0.15, -0.1) is 0 Å². The molecule has 19 heavy (non-hydrogen) atoms. The second-order valence-electron chi connectivity index (χ2n) is 5.07. The molecule has 0 amide bonds. The summed E-state index contributed by atoms with van der Waals surface area (Å²) in [7, 11) is 2.01. The quantitative estimate of drug-likeness (QED) is 0.908. The maximum Gasteiger partial charge on any atom is 0.160 e. The van der Waals surface area contributed by atoms with Crippen molar-refractivity contribution in [2.75, 3.05) is 13.6 Å². The number of aromatic nitrogens is 3.